The third-order valence-corrected chi connectivity index (χ3v) is 7.43. The zero-order valence-electron chi connectivity index (χ0n) is 21.3. The standard InChI is InChI=1S/C37H24N2/c38-25-26-8-6-11-29(22-26)28-16-19-33(20-17-28)39-36-15-5-4-14-34(36)35-24-32(18-21-37(35)39)31-13-7-12-30(23-31)27-9-2-1-3-10-27/h1-24H. The molecule has 0 aliphatic carbocycles. The number of hydrogen-bond donors (Lipinski definition) is 0. The van der Waals surface area contributed by atoms with Gasteiger partial charge in [-0.3, -0.25) is 0 Å². The number of nitriles is 1. The van der Waals surface area contributed by atoms with Gasteiger partial charge < -0.3 is 4.57 Å². The predicted molar refractivity (Wildman–Crippen MR) is 162 cm³/mol. The first-order valence-corrected chi connectivity index (χ1v) is 13.1. The molecule has 1 heterocycles. The second-order valence-corrected chi connectivity index (χ2v) is 9.77. The third kappa shape index (κ3) is 4.07. The quantitative estimate of drug-likeness (QED) is 0.238. The van der Waals surface area contributed by atoms with Gasteiger partial charge in [0, 0.05) is 16.5 Å². The van der Waals surface area contributed by atoms with Gasteiger partial charge in [-0.25, -0.2) is 0 Å². The summed E-state index contributed by atoms with van der Waals surface area (Å²) in [6, 6.07) is 53.3. The Balaban J connectivity index is 1.34. The number of aromatic nitrogens is 1. The van der Waals surface area contributed by atoms with Crippen molar-refractivity contribution in [2.75, 3.05) is 0 Å². The summed E-state index contributed by atoms with van der Waals surface area (Å²) in [5, 5.41) is 11.8. The maximum atomic E-state index is 9.28. The summed E-state index contributed by atoms with van der Waals surface area (Å²) in [7, 11) is 0. The van der Waals surface area contributed by atoms with E-state index in [1.807, 2.05) is 24.3 Å². The largest absolute Gasteiger partial charge is 0.309 e. The highest BCUT2D eigenvalue weighted by atomic mass is 15.0. The van der Waals surface area contributed by atoms with Crippen LogP contribution in [-0.4, -0.2) is 4.57 Å². The molecular weight excluding hydrogens is 472 g/mol. The van der Waals surface area contributed by atoms with Crippen LogP contribution in [0.4, 0.5) is 0 Å². The first-order chi connectivity index (χ1) is 19.3. The van der Waals surface area contributed by atoms with Crippen LogP contribution in [0.5, 0.6) is 0 Å². The fraction of sp³-hybridized carbons (Fsp3) is 0. The van der Waals surface area contributed by atoms with Crippen molar-refractivity contribution >= 4 is 21.8 Å². The van der Waals surface area contributed by atoms with Crippen molar-refractivity contribution in [2.24, 2.45) is 0 Å². The van der Waals surface area contributed by atoms with Crippen LogP contribution in [0.1, 0.15) is 5.56 Å². The highest BCUT2D eigenvalue weighted by Crippen LogP contribution is 2.36. The van der Waals surface area contributed by atoms with Gasteiger partial charge in [-0.2, -0.15) is 5.26 Å². The molecule has 2 nitrogen and oxygen atoms in total. The molecule has 2 heteroatoms. The van der Waals surface area contributed by atoms with E-state index in [1.165, 1.54) is 44.1 Å². The molecule has 6 aromatic carbocycles. The van der Waals surface area contributed by atoms with Crippen LogP contribution in [0, 0.1) is 11.3 Å². The van der Waals surface area contributed by atoms with Gasteiger partial charge in [0.25, 0.3) is 0 Å². The molecule has 182 valence electrons. The fourth-order valence-electron chi connectivity index (χ4n) is 5.51. The summed E-state index contributed by atoms with van der Waals surface area (Å²) in [4.78, 5) is 0. The average molecular weight is 497 g/mol. The first-order valence-electron chi connectivity index (χ1n) is 13.1. The van der Waals surface area contributed by atoms with Gasteiger partial charge in [0.15, 0.2) is 0 Å². The number of para-hydroxylation sites is 1. The Labute approximate surface area is 227 Å². The van der Waals surface area contributed by atoms with Crippen LogP contribution in [0.25, 0.3) is 60.9 Å². The molecule has 0 unspecified atom stereocenters. The molecule has 0 atom stereocenters. The van der Waals surface area contributed by atoms with Gasteiger partial charge in [-0.1, -0.05) is 97.1 Å². The van der Waals surface area contributed by atoms with E-state index in [9.17, 15) is 5.26 Å². The lowest BCUT2D eigenvalue weighted by Crippen LogP contribution is -1.93. The molecule has 0 saturated carbocycles. The van der Waals surface area contributed by atoms with Crippen molar-refractivity contribution in [3.63, 3.8) is 0 Å². The fourth-order valence-corrected chi connectivity index (χ4v) is 5.51. The minimum Gasteiger partial charge on any atom is -0.309 e. The van der Waals surface area contributed by atoms with Crippen molar-refractivity contribution in [3.05, 3.63) is 151 Å². The van der Waals surface area contributed by atoms with E-state index in [0.717, 1.165) is 16.8 Å². The van der Waals surface area contributed by atoms with Crippen LogP contribution in [0.3, 0.4) is 0 Å². The van der Waals surface area contributed by atoms with Gasteiger partial charge in [0.05, 0.1) is 22.7 Å². The highest BCUT2D eigenvalue weighted by Gasteiger charge is 2.13. The molecule has 0 radical (unpaired) electrons. The molecule has 0 aliphatic heterocycles. The number of fused-ring (bicyclic) bond motifs is 3. The molecule has 0 amide bonds. The van der Waals surface area contributed by atoms with Crippen LogP contribution in [0.15, 0.2) is 146 Å². The Morgan fingerprint density at radius 3 is 1.77 bits per heavy atom. The molecule has 7 aromatic rings. The molecular formula is C37H24N2. The van der Waals surface area contributed by atoms with Crippen molar-refractivity contribution in [2.45, 2.75) is 0 Å². The van der Waals surface area contributed by atoms with Crippen molar-refractivity contribution in [3.8, 4) is 45.1 Å². The van der Waals surface area contributed by atoms with Crippen molar-refractivity contribution in [1.29, 1.82) is 5.26 Å². The summed E-state index contributed by atoms with van der Waals surface area (Å²) >= 11 is 0. The molecule has 0 aliphatic rings. The van der Waals surface area contributed by atoms with E-state index in [4.69, 9.17) is 0 Å². The SMILES string of the molecule is N#Cc1cccc(-c2ccc(-n3c4ccccc4c4cc(-c5cccc(-c6ccccc6)c5)ccc43)cc2)c1. The number of hydrogen-bond acceptors (Lipinski definition) is 1. The van der Waals surface area contributed by atoms with E-state index in [1.54, 1.807) is 0 Å². The lowest BCUT2D eigenvalue weighted by atomic mass is 9.98. The molecule has 0 bridgehead atoms. The van der Waals surface area contributed by atoms with Gasteiger partial charge in [-0.05, 0) is 81.9 Å². The lowest BCUT2D eigenvalue weighted by molar-refractivity contribution is 1.18. The summed E-state index contributed by atoms with van der Waals surface area (Å²) < 4.78 is 2.34. The Hall–Kier alpha value is -5.39. The Bertz CT molecular complexity index is 2010. The number of benzene rings is 6. The average Bonchev–Trinajstić information content (AvgIpc) is 3.35. The smallest absolute Gasteiger partial charge is 0.0991 e. The van der Waals surface area contributed by atoms with E-state index in [-0.39, 0.29) is 0 Å². The van der Waals surface area contributed by atoms with E-state index in [0.29, 0.717) is 5.56 Å². The summed E-state index contributed by atoms with van der Waals surface area (Å²) in [5.41, 5.74) is 11.1. The molecule has 0 spiro atoms. The maximum Gasteiger partial charge on any atom is 0.0991 e. The molecule has 1 aromatic heterocycles. The molecule has 7 rings (SSSR count). The predicted octanol–water partition coefficient (Wildman–Crippen LogP) is 9.66. The minimum atomic E-state index is 0.670. The second-order valence-electron chi connectivity index (χ2n) is 9.77. The third-order valence-electron chi connectivity index (χ3n) is 7.43. The summed E-state index contributed by atoms with van der Waals surface area (Å²) in [6.45, 7) is 0. The van der Waals surface area contributed by atoms with Crippen LogP contribution in [0.2, 0.25) is 0 Å². The zero-order chi connectivity index (χ0) is 26.2. The van der Waals surface area contributed by atoms with Crippen molar-refractivity contribution in [1.82, 2.24) is 4.57 Å². The molecule has 0 N–H and O–H groups in total. The van der Waals surface area contributed by atoms with Crippen LogP contribution >= 0.6 is 0 Å². The molecule has 39 heavy (non-hydrogen) atoms. The minimum absolute atomic E-state index is 0.670. The van der Waals surface area contributed by atoms with E-state index in [2.05, 4.69) is 132 Å². The van der Waals surface area contributed by atoms with Crippen LogP contribution in [-0.2, 0) is 0 Å². The van der Waals surface area contributed by atoms with E-state index >= 15 is 0 Å². The molecule has 0 saturated heterocycles. The Kier molecular flexibility index (Phi) is 5.54. The topological polar surface area (TPSA) is 28.7 Å². The van der Waals surface area contributed by atoms with Gasteiger partial charge in [0.1, 0.15) is 0 Å². The first kappa shape index (κ1) is 22.8. The maximum absolute atomic E-state index is 9.28. The zero-order valence-corrected chi connectivity index (χ0v) is 21.3. The van der Waals surface area contributed by atoms with Crippen LogP contribution < -0.4 is 0 Å². The van der Waals surface area contributed by atoms with Crippen molar-refractivity contribution < 1.29 is 0 Å². The van der Waals surface area contributed by atoms with E-state index < -0.39 is 0 Å². The monoisotopic (exact) mass is 496 g/mol. The van der Waals surface area contributed by atoms with Gasteiger partial charge in [-0.15, -0.1) is 0 Å². The number of nitrogens with zero attached hydrogens (tertiary/aromatic N) is 2. The number of rotatable bonds is 4. The lowest BCUT2D eigenvalue weighted by Gasteiger charge is -2.10. The normalized spacial score (nSPS) is 11.1. The van der Waals surface area contributed by atoms with Gasteiger partial charge >= 0.3 is 0 Å². The second kappa shape index (κ2) is 9.49. The molecule has 0 fully saturated rings. The Morgan fingerprint density at radius 2 is 0.974 bits per heavy atom. The summed E-state index contributed by atoms with van der Waals surface area (Å²) in [6.07, 6.45) is 0. The van der Waals surface area contributed by atoms with Gasteiger partial charge in [0.2, 0.25) is 0 Å². The summed E-state index contributed by atoms with van der Waals surface area (Å²) in [5.74, 6) is 0. The Morgan fingerprint density at radius 1 is 0.410 bits per heavy atom. The highest BCUT2D eigenvalue weighted by molar-refractivity contribution is 6.10.